The molecular weight excluding hydrogens is 222 g/mol. The zero-order chi connectivity index (χ0) is 11.4. The molecule has 0 spiro atoms. The van der Waals surface area contributed by atoms with Gasteiger partial charge in [0.25, 0.3) is 0 Å². The molecular formula is C11H19N3OS. The number of likely N-dealkylation sites (N-methyl/N-ethyl adjacent to an activating group) is 1. The van der Waals surface area contributed by atoms with Gasteiger partial charge in [-0.15, -0.1) is 11.3 Å². The van der Waals surface area contributed by atoms with Gasteiger partial charge in [-0.05, 0) is 13.5 Å². The monoisotopic (exact) mass is 241 g/mol. The van der Waals surface area contributed by atoms with Crippen LogP contribution >= 0.6 is 11.3 Å². The standard InChI is InChI=1S/C11H19N3OS/c1-3-9-8-16-11(13-9)14-4-5-15-7-10(14)6-12-2/h8,10,12H,3-7H2,1-2H3. The van der Waals surface area contributed by atoms with Crippen molar-refractivity contribution in [2.45, 2.75) is 19.4 Å². The number of nitrogens with one attached hydrogen (secondary N) is 1. The summed E-state index contributed by atoms with van der Waals surface area (Å²) in [7, 11) is 1.98. The highest BCUT2D eigenvalue weighted by Crippen LogP contribution is 2.24. The Hall–Kier alpha value is -0.650. The minimum atomic E-state index is 0.412. The van der Waals surface area contributed by atoms with E-state index in [9.17, 15) is 0 Å². The summed E-state index contributed by atoms with van der Waals surface area (Å²) in [5.41, 5.74) is 1.19. The Morgan fingerprint density at radius 3 is 3.25 bits per heavy atom. The summed E-state index contributed by atoms with van der Waals surface area (Å²) in [5, 5.41) is 6.51. The molecule has 1 aliphatic heterocycles. The van der Waals surface area contributed by atoms with Crippen LogP contribution in [0.15, 0.2) is 5.38 Å². The van der Waals surface area contributed by atoms with Gasteiger partial charge >= 0.3 is 0 Å². The van der Waals surface area contributed by atoms with Crippen molar-refractivity contribution in [2.24, 2.45) is 0 Å². The Labute approximate surface area is 101 Å². The van der Waals surface area contributed by atoms with E-state index in [0.29, 0.717) is 6.04 Å². The third kappa shape index (κ3) is 2.53. The van der Waals surface area contributed by atoms with Crippen LogP contribution in [0.5, 0.6) is 0 Å². The number of thiazole rings is 1. The maximum Gasteiger partial charge on any atom is 0.185 e. The highest BCUT2D eigenvalue weighted by Gasteiger charge is 2.24. The maximum atomic E-state index is 5.51. The van der Waals surface area contributed by atoms with Crippen LogP contribution in [0.4, 0.5) is 5.13 Å². The Bertz CT molecular complexity index is 327. The predicted molar refractivity (Wildman–Crippen MR) is 67.4 cm³/mol. The third-order valence-corrected chi connectivity index (χ3v) is 3.74. The molecule has 1 aliphatic rings. The van der Waals surface area contributed by atoms with Crippen molar-refractivity contribution < 1.29 is 4.74 Å². The molecule has 5 heteroatoms. The Morgan fingerprint density at radius 2 is 2.56 bits per heavy atom. The number of nitrogens with zero attached hydrogens (tertiary/aromatic N) is 2. The Morgan fingerprint density at radius 1 is 1.69 bits per heavy atom. The molecule has 90 valence electrons. The normalized spacial score (nSPS) is 21.4. The van der Waals surface area contributed by atoms with Gasteiger partial charge in [-0.1, -0.05) is 6.92 Å². The van der Waals surface area contributed by atoms with E-state index in [1.807, 2.05) is 7.05 Å². The summed E-state index contributed by atoms with van der Waals surface area (Å²) < 4.78 is 5.51. The summed E-state index contributed by atoms with van der Waals surface area (Å²) in [5.74, 6) is 0. The van der Waals surface area contributed by atoms with Crippen LogP contribution in [0.2, 0.25) is 0 Å². The molecule has 1 unspecified atom stereocenters. The zero-order valence-electron chi connectivity index (χ0n) is 9.90. The van der Waals surface area contributed by atoms with Crippen molar-refractivity contribution in [2.75, 3.05) is 38.3 Å². The molecule has 1 aromatic heterocycles. The van der Waals surface area contributed by atoms with Gasteiger partial charge in [0.15, 0.2) is 5.13 Å². The van der Waals surface area contributed by atoms with Crippen molar-refractivity contribution in [3.05, 3.63) is 11.1 Å². The summed E-state index contributed by atoms with van der Waals surface area (Å²) >= 11 is 1.74. The molecule has 0 aliphatic carbocycles. The number of ether oxygens (including phenoxy) is 1. The highest BCUT2D eigenvalue weighted by atomic mass is 32.1. The van der Waals surface area contributed by atoms with E-state index in [1.54, 1.807) is 11.3 Å². The average molecular weight is 241 g/mol. The summed E-state index contributed by atoms with van der Waals surface area (Å²) in [6, 6.07) is 0.412. The quantitative estimate of drug-likeness (QED) is 0.857. The first-order chi connectivity index (χ1) is 7.85. The van der Waals surface area contributed by atoms with Crippen LogP contribution in [0.1, 0.15) is 12.6 Å². The van der Waals surface area contributed by atoms with Gasteiger partial charge in [0.05, 0.1) is 24.9 Å². The first-order valence-electron chi connectivity index (χ1n) is 5.78. The van der Waals surface area contributed by atoms with E-state index >= 15 is 0 Å². The lowest BCUT2D eigenvalue weighted by atomic mass is 10.2. The number of aryl methyl sites for hydroxylation is 1. The lowest BCUT2D eigenvalue weighted by Gasteiger charge is -2.35. The maximum absolute atomic E-state index is 5.51. The van der Waals surface area contributed by atoms with Crippen LogP contribution in [-0.2, 0) is 11.2 Å². The van der Waals surface area contributed by atoms with Crippen LogP contribution in [0, 0.1) is 0 Å². The lowest BCUT2D eigenvalue weighted by molar-refractivity contribution is 0.0943. The second kappa shape index (κ2) is 5.61. The smallest absolute Gasteiger partial charge is 0.185 e. The predicted octanol–water partition coefficient (Wildman–Crippen LogP) is 1.13. The molecule has 0 aromatic carbocycles. The largest absolute Gasteiger partial charge is 0.377 e. The lowest BCUT2D eigenvalue weighted by Crippen LogP contribution is -2.50. The van der Waals surface area contributed by atoms with Crippen molar-refractivity contribution in [1.82, 2.24) is 10.3 Å². The van der Waals surface area contributed by atoms with Gasteiger partial charge in [-0.25, -0.2) is 4.98 Å². The average Bonchev–Trinajstić information content (AvgIpc) is 2.79. The summed E-state index contributed by atoms with van der Waals surface area (Å²) in [6.45, 7) is 5.64. The van der Waals surface area contributed by atoms with E-state index < -0.39 is 0 Å². The molecule has 16 heavy (non-hydrogen) atoms. The van der Waals surface area contributed by atoms with Gasteiger partial charge in [0.1, 0.15) is 0 Å². The molecule has 1 aromatic rings. The SMILES string of the molecule is CCc1csc(N2CCOCC2CNC)n1. The molecule has 4 nitrogen and oxygen atoms in total. The second-order valence-corrected chi connectivity index (χ2v) is 4.79. The van der Waals surface area contributed by atoms with Crippen LogP contribution in [-0.4, -0.2) is 44.4 Å². The number of hydrogen-bond acceptors (Lipinski definition) is 5. The first kappa shape index (κ1) is 11.8. The van der Waals surface area contributed by atoms with E-state index in [-0.39, 0.29) is 0 Å². The molecule has 0 bridgehead atoms. The summed E-state index contributed by atoms with van der Waals surface area (Å²) in [4.78, 5) is 7.01. The number of hydrogen-bond donors (Lipinski definition) is 1. The summed E-state index contributed by atoms with van der Waals surface area (Å²) in [6.07, 6.45) is 1.01. The molecule has 1 saturated heterocycles. The molecule has 1 fully saturated rings. The Kier molecular flexibility index (Phi) is 4.15. The Balaban J connectivity index is 2.09. The molecule has 2 rings (SSSR count). The van der Waals surface area contributed by atoms with Crippen molar-refractivity contribution in [1.29, 1.82) is 0 Å². The minimum absolute atomic E-state index is 0.412. The van der Waals surface area contributed by atoms with Crippen molar-refractivity contribution in [3.8, 4) is 0 Å². The molecule has 0 saturated carbocycles. The molecule has 0 amide bonds. The van der Waals surface area contributed by atoms with Gasteiger partial charge in [0.2, 0.25) is 0 Å². The van der Waals surface area contributed by atoms with E-state index in [0.717, 1.165) is 37.9 Å². The second-order valence-electron chi connectivity index (χ2n) is 3.95. The van der Waals surface area contributed by atoms with Crippen molar-refractivity contribution >= 4 is 16.5 Å². The van der Waals surface area contributed by atoms with E-state index in [2.05, 4.69) is 27.5 Å². The molecule has 1 N–H and O–H groups in total. The van der Waals surface area contributed by atoms with Gasteiger partial charge in [0, 0.05) is 18.5 Å². The van der Waals surface area contributed by atoms with Gasteiger partial charge in [-0.3, -0.25) is 0 Å². The molecule has 1 atom stereocenters. The minimum Gasteiger partial charge on any atom is -0.377 e. The van der Waals surface area contributed by atoms with Crippen molar-refractivity contribution in [3.63, 3.8) is 0 Å². The topological polar surface area (TPSA) is 37.4 Å². The third-order valence-electron chi connectivity index (χ3n) is 2.81. The highest BCUT2D eigenvalue weighted by molar-refractivity contribution is 7.13. The van der Waals surface area contributed by atoms with Crippen LogP contribution in [0.3, 0.4) is 0 Å². The fraction of sp³-hybridized carbons (Fsp3) is 0.727. The van der Waals surface area contributed by atoms with Crippen LogP contribution in [0.25, 0.3) is 0 Å². The number of aromatic nitrogens is 1. The van der Waals surface area contributed by atoms with Gasteiger partial charge in [-0.2, -0.15) is 0 Å². The fourth-order valence-corrected chi connectivity index (χ4v) is 2.91. The van der Waals surface area contributed by atoms with Gasteiger partial charge < -0.3 is 15.0 Å². The van der Waals surface area contributed by atoms with E-state index in [4.69, 9.17) is 4.74 Å². The first-order valence-corrected chi connectivity index (χ1v) is 6.66. The molecule has 2 heterocycles. The fourth-order valence-electron chi connectivity index (χ4n) is 1.90. The number of rotatable bonds is 4. The van der Waals surface area contributed by atoms with Crippen LogP contribution < -0.4 is 10.2 Å². The molecule has 0 radical (unpaired) electrons. The number of morpholine rings is 1. The van der Waals surface area contributed by atoms with E-state index in [1.165, 1.54) is 5.69 Å². The zero-order valence-corrected chi connectivity index (χ0v) is 10.7. The number of anilines is 1.